The highest BCUT2D eigenvalue weighted by molar-refractivity contribution is 5.48. The molecular weight excluding hydrogens is 226 g/mol. The number of ether oxygens (including phenoxy) is 2. The Morgan fingerprint density at radius 3 is 2.50 bits per heavy atom. The largest absolute Gasteiger partial charge is 0.496 e. The highest BCUT2D eigenvalue weighted by Gasteiger charge is 2.20. The third-order valence-corrected chi connectivity index (χ3v) is 3.70. The van der Waals surface area contributed by atoms with Crippen molar-refractivity contribution in [1.29, 1.82) is 0 Å². The Labute approximate surface area is 109 Å². The van der Waals surface area contributed by atoms with Gasteiger partial charge in [0.15, 0.2) is 0 Å². The van der Waals surface area contributed by atoms with Gasteiger partial charge in [0.2, 0.25) is 0 Å². The SMILES string of the molecule is CCc1cc(OC)c(C2CCCCN2)cc1OC. The Kier molecular flexibility index (Phi) is 4.48. The first-order valence-electron chi connectivity index (χ1n) is 6.78. The maximum absolute atomic E-state index is 5.54. The van der Waals surface area contributed by atoms with E-state index in [9.17, 15) is 0 Å². The molecule has 1 aromatic rings. The van der Waals surface area contributed by atoms with Crippen LogP contribution in [0.15, 0.2) is 12.1 Å². The van der Waals surface area contributed by atoms with Crippen LogP contribution in [0.5, 0.6) is 11.5 Å². The monoisotopic (exact) mass is 249 g/mol. The number of hydrogen-bond donors (Lipinski definition) is 1. The van der Waals surface area contributed by atoms with Gasteiger partial charge >= 0.3 is 0 Å². The van der Waals surface area contributed by atoms with Crippen molar-refractivity contribution in [3.63, 3.8) is 0 Å². The van der Waals surface area contributed by atoms with Gasteiger partial charge in [0.1, 0.15) is 11.5 Å². The van der Waals surface area contributed by atoms with Crippen molar-refractivity contribution >= 4 is 0 Å². The van der Waals surface area contributed by atoms with Crippen LogP contribution in [0.2, 0.25) is 0 Å². The summed E-state index contributed by atoms with van der Waals surface area (Å²) in [6.45, 7) is 3.22. The summed E-state index contributed by atoms with van der Waals surface area (Å²) in [6.07, 6.45) is 4.67. The first-order chi connectivity index (χ1) is 8.80. The Balaban J connectivity index is 2.37. The highest BCUT2D eigenvalue weighted by Crippen LogP contribution is 2.36. The van der Waals surface area contributed by atoms with Crippen molar-refractivity contribution < 1.29 is 9.47 Å². The van der Waals surface area contributed by atoms with E-state index in [4.69, 9.17) is 9.47 Å². The Morgan fingerprint density at radius 1 is 1.17 bits per heavy atom. The van der Waals surface area contributed by atoms with Crippen LogP contribution in [-0.4, -0.2) is 20.8 Å². The zero-order valence-corrected chi connectivity index (χ0v) is 11.6. The number of hydrogen-bond acceptors (Lipinski definition) is 3. The number of benzene rings is 1. The predicted molar refractivity (Wildman–Crippen MR) is 73.5 cm³/mol. The topological polar surface area (TPSA) is 30.5 Å². The Bertz CT molecular complexity index is 398. The molecule has 1 unspecified atom stereocenters. The summed E-state index contributed by atoms with van der Waals surface area (Å²) in [4.78, 5) is 0. The molecule has 0 bridgehead atoms. The summed E-state index contributed by atoms with van der Waals surface area (Å²) in [5.74, 6) is 1.95. The average Bonchev–Trinajstić information content (AvgIpc) is 2.46. The van der Waals surface area contributed by atoms with E-state index < -0.39 is 0 Å². The van der Waals surface area contributed by atoms with Gasteiger partial charge in [0.05, 0.1) is 14.2 Å². The highest BCUT2D eigenvalue weighted by atomic mass is 16.5. The number of methoxy groups -OCH3 is 2. The first-order valence-corrected chi connectivity index (χ1v) is 6.78. The van der Waals surface area contributed by atoms with Gasteiger partial charge in [0.25, 0.3) is 0 Å². The van der Waals surface area contributed by atoms with Gasteiger partial charge < -0.3 is 14.8 Å². The molecule has 0 aliphatic carbocycles. The van der Waals surface area contributed by atoms with Crippen LogP contribution in [0.1, 0.15) is 43.4 Å². The minimum absolute atomic E-state index is 0.397. The van der Waals surface area contributed by atoms with E-state index in [-0.39, 0.29) is 0 Å². The lowest BCUT2D eigenvalue weighted by Crippen LogP contribution is -2.27. The summed E-state index contributed by atoms with van der Waals surface area (Å²) in [5.41, 5.74) is 2.43. The van der Waals surface area contributed by atoms with Crippen LogP contribution in [0.25, 0.3) is 0 Å². The molecule has 0 radical (unpaired) electrons. The Morgan fingerprint density at radius 2 is 1.94 bits per heavy atom. The normalized spacial score (nSPS) is 19.6. The van der Waals surface area contributed by atoms with E-state index in [1.807, 2.05) is 0 Å². The summed E-state index contributed by atoms with van der Waals surface area (Å²) in [7, 11) is 3.48. The van der Waals surface area contributed by atoms with Gasteiger partial charge in [-0.1, -0.05) is 13.3 Å². The molecular formula is C15H23NO2. The van der Waals surface area contributed by atoms with Gasteiger partial charge in [-0.25, -0.2) is 0 Å². The molecule has 2 rings (SSSR count). The third kappa shape index (κ3) is 2.61. The second-order valence-electron chi connectivity index (χ2n) is 4.76. The number of piperidine rings is 1. The minimum atomic E-state index is 0.397. The first kappa shape index (κ1) is 13.2. The zero-order valence-electron chi connectivity index (χ0n) is 11.6. The van der Waals surface area contributed by atoms with Crippen LogP contribution in [-0.2, 0) is 6.42 Å². The van der Waals surface area contributed by atoms with E-state index in [0.717, 1.165) is 24.5 Å². The quantitative estimate of drug-likeness (QED) is 0.889. The second kappa shape index (κ2) is 6.10. The fourth-order valence-electron chi connectivity index (χ4n) is 2.65. The van der Waals surface area contributed by atoms with Gasteiger partial charge in [-0.2, -0.15) is 0 Å². The number of nitrogens with one attached hydrogen (secondary N) is 1. The smallest absolute Gasteiger partial charge is 0.124 e. The molecule has 1 fully saturated rings. The lowest BCUT2D eigenvalue weighted by atomic mass is 9.95. The zero-order chi connectivity index (χ0) is 13.0. The van der Waals surface area contributed by atoms with Crippen molar-refractivity contribution in [3.05, 3.63) is 23.3 Å². The minimum Gasteiger partial charge on any atom is -0.496 e. The van der Waals surface area contributed by atoms with Crippen molar-refractivity contribution in [2.45, 2.75) is 38.6 Å². The molecule has 1 atom stereocenters. The van der Waals surface area contributed by atoms with Crippen LogP contribution in [0.3, 0.4) is 0 Å². The molecule has 1 aliphatic heterocycles. The van der Waals surface area contributed by atoms with Gasteiger partial charge in [0, 0.05) is 11.6 Å². The second-order valence-corrected chi connectivity index (χ2v) is 4.76. The van der Waals surface area contributed by atoms with Crippen LogP contribution >= 0.6 is 0 Å². The van der Waals surface area contributed by atoms with Crippen molar-refractivity contribution in [3.8, 4) is 11.5 Å². The van der Waals surface area contributed by atoms with Gasteiger partial charge in [-0.15, -0.1) is 0 Å². The van der Waals surface area contributed by atoms with E-state index in [1.54, 1.807) is 14.2 Å². The predicted octanol–water partition coefficient (Wildman–Crippen LogP) is 3.08. The summed E-state index contributed by atoms with van der Waals surface area (Å²) >= 11 is 0. The fourth-order valence-corrected chi connectivity index (χ4v) is 2.65. The molecule has 18 heavy (non-hydrogen) atoms. The molecule has 3 heteroatoms. The maximum atomic E-state index is 5.54. The third-order valence-electron chi connectivity index (χ3n) is 3.70. The lowest BCUT2D eigenvalue weighted by molar-refractivity contribution is 0.366. The van der Waals surface area contributed by atoms with Crippen molar-refractivity contribution in [2.75, 3.05) is 20.8 Å². The molecule has 1 aliphatic rings. The molecule has 0 amide bonds. The molecule has 1 saturated heterocycles. The Hall–Kier alpha value is -1.22. The fraction of sp³-hybridized carbons (Fsp3) is 0.600. The number of aryl methyl sites for hydroxylation is 1. The molecule has 100 valence electrons. The molecule has 1 aromatic carbocycles. The number of rotatable bonds is 4. The average molecular weight is 249 g/mol. The summed E-state index contributed by atoms with van der Waals surface area (Å²) in [6, 6.07) is 4.65. The van der Waals surface area contributed by atoms with E-state index in [2.05, 4.69) is 24.4 Å². The maximum Gasteiger partial charge on any atom is 0.124 e. The van der Waals surface area contributed by atoms with Crippen LogP contribution < -0.4 is 14.8 Å². The van der Waals surface area contributed by atoms with Crippen molar-refractivity contribution in [1.82, 2.24) is 5.32 Å². The van der Waals surface area contributed by atoms with Crippen molar-refractivity contribution in [2.24, 2.45) is 0 Å². The molecule has 0 spiro atoms. The molecule has 1 N–H and O–H groups in total. The molecule has 1 heterocycles. The molecule has 3 nitrogen and oxygen atoms in total. The van der Waals surface area contributed by atoms with E-state index in [0.29, 0.717) is 6.04 Å². The summed E-state index contributed by atoms with van der Waals surface area (Å²) < 4.78 is 11.0. The standard InChI is InChI=1S/C15H23NO2/c1-4-11-9-15(18-3)12(10-14(11)17-2)13-7-5-6-8-16-13/h9-10,13,16H,4-8H2,1-3H3. The molecule has 0 saturated carbocycles. The molecule has 0 aromatic heterocycles. The van der Waals surface area contributed by atoms with E-state index in [1.165, 1.54) is 30.4 Å². The van der Waals surface area contributed by atoms with Crippen LogP contribution in [0.4, 0.5) is 0 Å². The van der Waals surface area contributed by atoms with Gasteiger partial charge in [-0.05, 0) is 43.5 Å². The lowest BCUT2D eigenvalue weighted by Gasteiger charge is -2.26. The van der Waals surface area contributed by atoms with Crippen LogP contribution in [0, 0.1) is 0 Å². The summed E-state index contributed by atoms with van der Waals surface area (Å²) in [5, 5.41) is 3.56. The van der Waals surface area contributed by atoms with Gasteiger partial charge in [-0.3, -0.25) is 0 Å². The van der Waals surface area contributed by atoms with E-state index >= 15 is 0 Å².